The number of nitrogens with one attached hydrogen (secondary N) is 1. The molecule has 14 heavy (non-hydrogen) atoms. The van der Waals surface area contributed by atoms with Gasteiger partial charge in [-0.25, -0.2) is 4.68 Å². The lowest BCUT2D eigenvalue weighted by molar-refractivity contribution is 0.270. The predicted molar refractivity (Wildman–Crippen MR) is 52.4 cm³/mol. The van der Waals surface area contributed by atoms with E-state index in [1.165, 1.54) is 0 Å². The predicted octanol–water partition coefficient (Wildman–Crippen LogP) is -0.291. The highest BCUT2D eigenvalue weighted by atomic mass is 16.3. The van der Waals surface area contributed by atoms with Crippen LogP contribution in [0.25, 0.3) is 11.0 Å². The molecule has 0 aliphatic heterocycles. The van der Waals surface area contributed by atoms with Gasteiger partial charge < -0.3 is 10.5 Å². The van der Waals surface area contributed by atoms with Gasteiger partial charge in [0.2, 0.25) is 0 Å². The van der Waals surface area contributed by atoms with Crippen molar-refractivity contribution in [3.05, 3.63) is 18.2 Å². The van der Waals surface area contributed by atoms with Crippen molar-refractivity contribution in [1.29, 1.82) is 0 Å². The number of nitrogens with two attached hydrogens (primary N) is 1. The van der Waals surface area contributed by atoms with Crippen LogP contribution in [0.5, 0.6) is 0 Å². The molecule has 1 heterocycles. The van der Waals surface area contributed by atoms with Gasteiger partial charge in [0.05, 0.1) is 24.4 Å². The molecule has 4 N–H and O–H groups in total. The number of nitrogen functional groups attached to an aromatic ring is 1. The Hall–Kier alpha value is -1.66. The highest BCUT2D eigenvalue weighted by Gasteiger charge is 2.03. The van der Waals surface area contributed by atoms with Crippen LogP contribution in [0.1, 0.15) is 0 Å². The zero-order valence-electron chi connectivity index (χ0n) is 7.51. The minimum Gasteiger partial charge on any atom is -0.394 e. The van der Waals surface area contributed by atoms with E-state index in [-0.39, 0.29) is 6.61 Å². The number of hydrogen-bond donors (Lipinski definition) is 3. The fraction of sp³-hybridized carbons (Fsp3) is 0.250. The first-order valence-electron chi connectivity index (χ1n) is 4.26. The fourth-order valence-electron chi connectivity index (χ4n) is 1.32. The number of hydrogen-bond acceptors (Lipinski definition) is 5. The minimum absolute atomic E-state index is 0.0509. The van der Waals surface area contributed by atoms with Gasteiger partial charge in [-0.05, 0) is 18.2 Å². The van der Waals surface area contributed by atoms with Crippen LogP contribution in [0.3, 0.4) is 0 Å². The van der Waals surface area contributed by atoms with Crippen molar-refractivity contribution in [3.63, 3.8) is 0 Å². The Morgan fingerprint density at radius 3 is 3.07 bits per heavy atom. The SMILES string of the molecule is NNc1ccc2c(c1)nnn2CCO. The molecule has 2 aromatic rings. The van der Waals surface area contributed by atoms with E-state index in [1.54, 1.807) is 10.7 Å². The third kappa shape index (κ3) is 1.40. The van der Waals surface area contributed by atoms with Gasteiger partial charge >= 0.3 is 0 Å². The molecule has 0 fully saturated rings. The molecule has 0 spiro atoms. The molecular formula is C8H11N5O. The summed E-state index contributed by atoms with van der Waals surface area (Å²) in [6.07, 6.45) is 0. The monoisotopic (exact) mass is 193 g/mol. The zero-order chi connectivity index (χ0) is 9.97. The molecule has 0 bridgehead atoms. The third-order valence-electron chi connectivity index (χ3n) is 1.99. The first kappa shape index (κ1) is 8.92. The van der Waals surface area contributed by atoms with Crippen LogP contribution in [-0.2, 0) is 6.54 Å². The summed E-state index contributed by atoms with van der Waals surface area (Å²) in [6, 6.07) is 5.50. The second-order valence-corrected chi connectivity index (χ2v) is 2.88. The number of benzene rings is 1. The number of aliphatic hydroxyl groups excluding tert-OH is 1. The molecule has 1 aromatic carbocycles. The second-order valence-electron chi connectivity index (χ2n) is 2.88. The lowest BCUT2D eigenvalue weighted by Gasteiger charge is -2.00. The van der Waals surface area contributed by atoms with E-state index in [1.807, 2.05) is 12.1 Å². The first-order chi connectivity index (χ1) is 6.85. The fourth-order valence-corrected chi connectivity index (χ4v) is 1.32. The number of rotatable bonds is 3. The lowest BCUT2D eigenvalue weighted by atomic mass is 10.3. The quantitative estimate of drug-likeness (QED) is 0.460. The molecular weight excluding hydrogens is 182 g/mol. The van der Waals surface area contributed by atoms with Gasteiger partial charge in [0.1, 0.15) is 5.52 Å². The summed E-state index contributed by atoms with van der Waals surface area (Å²) in [6.45, 7) is 0.501. The minimum atomic E-state index is 0.0509. The zero-order valence-corrected chi connectivity index (χ0v) is 7.51. The molecule has 6 nitrogen and oxygen atoms in total. The molecule has 0 aliphatic rings. The molecule has 0 amide bonds. The summed E-state index contributed by atoms with van der Waals surface area (Å²) < 4.78 is 1.65. The maximum absolute atomic E-state index is 8.78. The van der Waals surface area contributed by atoms with E-state index in [2.05, 4.69) is 15.7 Å². The summed E-state index contributed by atoms with van der Waals surface area (Å²) in [5.74, 6) is 5.26. The average molecular weight is 193 g/mol. The number of aromatic nitrogens is 3. The molecule has 0 aliphatic carbocycles. The van der Waals surface area contributed by atoms with Gasteiger partial charge in [0.25, 0.3) is 0 Å². The van der Waals surface area contributed by atoms with Gasteiger partial charge in [0, 0.05) is 0 Å². The van der Waals surface area contributed by atoms with Gasteiger partial charge in [-0.2, -0.15) is 0 Å². The van der Waals surface area contributed by atoms with Gasteiger partial charge in [0.15, 0.2) is 0 Å². The van der Waals surface area contributed by atoms with Gasteiger partial charge in [-0.3, -0.25) is 5.84 Å². The molecule has 0 saturated heterocycles. The Bertz CT molecular complexity index is 438. The normalized spacial score (nSPS) is 10.7. The highest BCUT2D eigenvalue weighted by Crippen LogP contribution is 2.15. The number of hydrazine groups is 1. The Labute approximate surface area is 80.3 Å². The molecule has 0 atom stereocenters. The smallest absolute Gasteiger partial charge is 0.115 e. The van der Waals surface area contributed by atoms with Crippen molar-refractivity contribution in [2.75, 3.05) is 12.0 Å². The van der Waals surface area contributed by atoms with Crippen molar-refractivity contribution in [1.82, 2.24) is 15.0 Å². The summed E-state index contributed by atoms with van der Waals surface area (Å²) in [5, 5.41) is 16.6. The van der Waals surface area contributed by atoms with E-state index in [4.69, 9.17) is 10.9 Å². The van der Waals surface area contributed by atoms with Crippen molar-refractivity contribution >= 4 is 16.7 Å². The van der Waals surface area contributed by atoms with E-state index >= 15 is 0 Å². The Morgan fingerprint density at radius 2 is 2.36 bits per heavy atom. The Balaban J connectivity index is 2.48. The maximum Gasteiger partial charge on any atom is 0.115 e. The topological polar surface area (TPSA) is 89.0 Å². The molecule has 2 rings (SSSR count). The number of anilines is 1. The Kier molecular flexibility index (Phi) is 2.30. The van der Waals surface area contributed by atoms with E-state index < -0.39 is 0 Å². The third-order valence-corrected chi connectivity index (χ3v) is 1.99. The summed E-state index contributed by atoms with van der Waals surface area (Å²) in [4.78, 5) is 0. The summed E-state index contributed by atoms with van der Waals surface area (Å²) in [7, 11) is 0. The number of nitrogens with zero attached hydrogens (tertiary/aromatic N) is 3. The van der Waals surface area contributed by atoms with E-state index in [0.29, 0.717) is 6.54 Å². The van der Waals surface area contributed by atoms with Crippen LogP contribution in [0.4, 0.5) is 5.69 Å². The molecule has 6 heteroatoms. The first-order valence-corrected chi connectivity index (χ1v) is 4.26. The highest BCUT2D eigenvalue weighted by molar-refractivity contribution is 5.78. The van der Waals surface area contributed by atoms with Crippen molar-refractivity contribution in [3.8, 4) is 0 Å². The second kappa shape index (κ2) is 3.60. The lowest BCUT2D eigenvalue weighted by Crippen LogP contribution is -2.06. The van der Waals surface area contributed by atoms with Crippen molar-refractivity contribution in [2.24, 2.45) is 5.84 Å². The standard InChI is InChI=1S/C8H11N5O/c9-10-6-1-2-8-7(5-6)11-12-13(8)3-4-14/h1-2,5,10,14H,3-4,9H2. The largest absolute Gasteiger partial charge is 0.394 e. The Morgan fingerprint density at radius 1 is 1.50 bits per heavy atom. The molecule has 1 aromatic heterocycles. The van der Waals surface area contributed by atoms with Crippen LogP contribution in [0, 0.1) is 0 Å². The number of fused-ring (bicyclic) bond motifs is 1. The molecule has 74 valence electrons. The van der Waals surface area contributed by atoms with E-state index in [9.17, 15) is 0 Å². The molecule has 0 saturated carbocycles. The average Bonchev–Trinajstić information content (AvgIpc) is 2.61. The van der Waals surface area contributed by atoms with Crippen molar-refractivity contribution < 1.29 is 5.11 Å². The van der Waals surface area contributed by atoms with Crippen LogP contribution < -0.4 is 11.3 Å². The van der Waals surface area contributed by atoms with Crippen molar-refractivity contribution in [2.45, 2.75) is 6.54 Å². The molecule has 0 unspecified atom stereocenters. The van der Waals surface area contributed by atoms with Crippen LogP contribution in [0.15, 0.2) is 18.2 Å². The van der Waals surface area contributed by atoms with E-state index in [0.717, 1.165) is 16.7 Å². The number of aliphatic hydroxyl groups is 1. The molecule has 0 radical (unpaired) electrons. The summed E-state index contributed by atoms with van der Waals surface area (Å²) in [5.41, 5.74) is 4.96. The summed E-state index contributed by atoms with van der Waals surface area (Å²) >= 11 is 0. The van der Waals surface area contributed by atoms with Gasteiger partial charge in [-0.15, -0.1) is 5.10 Å². The van der Waals surface area contributed by atoms with Crippen LogP contribution >= 0.6 is 0 Å². The van der Waals surface area contributed by atoms with Gasteiger partial charge in [-0.1, -0.05) is 5.21 Å². The van der Waals surface area contributed by atoms with Crippen LogP contribution in [0.2, 0.25) is 0 Å². The van der Waals surface area contributed by atoms with Crippen LogP contribution in [-0.4, -0.2) is 26.7 Å². The maximum atomic E-state index is 8.78.